The lowest BCUT2D eigenvalue weighted by atomic mass is 10.1. The van der Waals surface area contributed by atoms with Crippen LogP contribution in [0.1, 0.15) is 6.42 Å². The predicted octanol–water partition coefficient (Wildman–Crippen LogP) is 1.78. The van der Waals surface area contributed by atoms with Crippen LogP contribution in [0.3, 0.4) is 0 Å². The van der Waals surface area contributed by atoms with E-state index in [9.17, 15) is 18.0 Å². The highest BCUT2D eigenvalue weighted by Gasteiger charge is 2.38. The number of rotatable bonds is 6. The van der Waals surface area contributed by atoms with Gasteiger partial charge in [0.1, 0.15) is 17.8 Å². The van der Waals surface area contributed by atoms with E-state index >= 15 is 0 Å². The maximum Gasteiger partial charge on any atom is 0.471 e. The Balaban J connectivity index is 1.51. The molecule has 0 bridgehead atoms. The number of hydrogen-bond acceptors (Lipinski definition) is 7. The van der Waals surface area contributed by atoms with Crippen molar-refractivity contribution in [2.75, 3.05) is 18.4 Å². The van der Waals surface area contributed by atoms with E-state index in [4.69, 9.17) is 0 Å². The van der Waals surface area contributed by atoms with Crippen molar-refractivity contribution in [3.8, 4) is 11.4 Å². The molecule has 13 heteroatoms. The van der Waals surface area contributed by atoms with Crippen molar-refractivity contribution in [2.45, 2.75) is 12.6 Å². The highest BCUT2D eigenvalue weighted by atomic mass is 19.4. The van der Waals surface area contributed by atoms with Crippen molar-refractivity contribution in [1.82, 2.24) is 40.5 Å². The molecule has 4 aromatic rings. The van der Waals surface area contributed by atoms with Crippen LogP contribution in [0.4, 0.5) is 19.0 Å². The Morgan fingerprint density at radius 1 is 1.23 bits per heavy atom. The number of anilines is 1. The molecule has 1 aromatic carbocycles. The van der Waals surface area contributed by atoms with Crippen LogP contribution < -0.4 is 10.6 Å². The zero-order valence-electron chi connectivity index (χ0n) is 15.7. The van der Waals surface area contributed by atoms with Crippen molar-refractivity contribution in [3.63, 3.8) is 0 Å². The Morgan fingerprint density at radius 3 is 2.80 bits per heavy atom. The molecule has 10 nitrogen and oxygen atoms in total. The number of benzene rings is 1. The predicted molar refractivity (Wildman–Crippen MR) is 101 cm³/mol. The third-order valence-electron chi connectivity index (χ3n) is 4.34. The number of alkyl halides is 3. The van der Waals surface area contributed by atoms with E-state index in [1.807, 2.05) is 23.5 Å². The number of fused-ring (bicyclic) bond motifs is 3. The van der Waals surface area contributed by atoms with Crippen LogP contribution in [0, 0.1) is 0 Å². The first-order chi connectivity index (χ1) is 14.3. The first-order valence-electron chi connectivity index (χ1n) is 8.92. The van der Waals surface area contributed by atoms with Crippen molar-refractivity contribution in [1.29, 1.82) is 0 Å². The summed E-state index contributed by atoms with van der Waals surface area (Å²) in [5.74, 6) is -0.917. The van der Waals surface area contributed by atoms with Crippen molar-refractivity contribution >= 4 is 33.7 Å². The van der Waals surface area contributed by atoms with Crippen LogP contribution in [0.2, 0.25) is 0 Å². The summed E-state index contributed by atoms with van der Waals surface area (Å²) in [6, 6.07) is 5.62. The molecule has 3 N–H and O–H groups in total. The summed E-state index contributed by atoms with van der Waals surface area (Å²) in [6.07, 6.45) is -3.20. The van der Waals surface area contributed by atoms with Crippen LogP contribution in [0.15, 0.2) is 24.5 Å². The normalized spacial score (nSPS) is 11.9. The summed E-state index contributed by atoms with van der Waals surface area (Å²) in [7, 11) is 1.68. The SMILES string of the molecule is Cn1nnc(-c2ccc3c(c2)[nH]c2ncnc(NCCCNC(=O)C(F)(F)F)c23)n1. The minimum absolute atomic E-state index is 0.109. The summed E-state index contributed by atoms with van der Waals surface area (Å²) in [6.45, 7) is 0.209. The van der Waals surface area contributed by atoms with Crippen molar-refractivity contribution in [3.05, 3.63) is 24.5 Å². The molecule has 0 spiro atoms. The molecule has 0 aliphatic rings. The summed E-state index contributed by atoms with van der Waals surface area (Å²) in [5, 5.41) is 18.5. The van der Waals surface area contributed by atoms with E-state index in [2.05, 4.69) is 35.7 Å². The van der Waals surface area contributed by atoms with Gasteiger partial charge < -0.3 is 15.6 Å². The van der Waals surface area contributed by atoms with Gasteiger partial charge >= 0.3 is 12.1 Å². The Morgan fingerprint density at radius 2 is 2.07 bits per heavy atom. The van der Waals surface area contributed by atoms with Gasteiger partial charge in [0, 0.05) is 29.6 Å². The van der Waals surface area contributed by atoms with Crippen LogP contribution in [0.25, 0.3) is 33.3 Å². The van der Waals surface area contributed by atoms with Crippen LogP contribution in [-0.2, 0) is 11.8 Å². The maximum absolute atomic E-state index is 12.2. The molecule has 0 atom stereocenters. The van der Waals surface area contributed by atoms with Gasteiger partial charge in [0.05, 0.1) is 12.4 Å². The van der Waals surface area contributed by atoms with Gasteiger partial charge in [0.15, 0.2) is 0 Å². The molecule has 3 heterocycles. The first-order valence-corrected chi connectivity index (χ1v) is 8.92. The number of tetrazole rings is 1. The van der Waals surface area contributed by atoms with E-state index in [0.29, 0.717) is 23.8 Å². The molecule has 0 unspecified atom stereocenters. The fourth-order valence-electron chi connectivity index (χ4n) is 3.00. The van der Waals surface area contributed by atoms with E-state index in [1.165, 1.54) is 11.1 Å². The molecule has 0 fully saturated rings. The zero-order chi connectivity index (χ0) is 21.3. The number of nitrogens with one attached hydrogen (secondary N) is 3. The van der Waals surface area contributed by atoms with Crippen molar-refractivity contribution in [2.24, 2.45) is 7.05 Å². The molecule has 3 aromatic heterocycles. The molecule has 0 aliphatic carbocycles. The minimum atomic E-state index is -4.88. The fraction of sp³-hybridized carbons (Fsp3) is 0.294. The lowest BCUT2D eigenvalue weighted by Crippen LogP contribution is -2.37. The molecule has 0 radical (unpaired) electrons. The molecule has 1 amide bonds. The zero-order valence-corrected chi connectivity index (χ0v) is 15.7. The average molecular weight is 419 g/mol. The maximum atomic E-state index is 12.2. The second kappa shape index (κ2) is 7.57. The Labute approximate surface area is 166 Å². The number of carbonyl (C=O) groups is 1. The van der Waals surface area contributed by atoms with Gasteiger partial charge in [-0.25, -0.2) is 9.97 Å². The van der Waals surface area contributed by atoms with E-state index in [-0.39, 0.29) is 13.0 Å². The number of H-pyrrole nitrogens is 1. The number of aromatic amines is 1. The molecular weight excluding hydrogens is 403 g/mol. The monoisotopic (exact) mass is 419 g/mol. The molecule has 0 saturated heterocycles. The number of halogens is 3. The van der Waals surface area contributed by atoms with Crippen LogP contribution >= 0.6 is 0 Å². The van der Waals surface area contributed by atoms with Crippen LogP contribution in [-0.4, -0.2) is 60.3 Å². The topological polar surface area (TPSA) is 126 Å². The highest BCUT2D eigenvalue weighted by molar-refractivity contribution is 6.11. The summed E-state index contributed by atoms with van der Waals surface area (Å²) in [4.78, 5) is 23.9. The van der Waals surface area contributed by atoms with Gasteiger partial charge in [0.25, 0.3) is 0 Å². The standard InChI is InChI=1S/C17H16F3N9O/c1-29-27-13(26-28-29)9-3-4-10-11(7-9)25-15-12(10)14(23-8-24-15)21-5-2-6-22-16(30)17(18,19)20/h3-4,7-8H,2,5-6H2,1H3,(H,22,30)(H2,21,23,24,25). The first kappa shape index (κ1) is 19.5. The second-order valence-electron chi connectivity index (χ2n) is 6.47. The number of amides is 1. The highest BCUT2D eigenvalue weighted by Crippen LogP contribution is 2.31. The van der Waals surface area contributed by atoms with Gasteiger partial charge in [-0.3, -0.25) is 4.79 Å². The summed E-state index contributed by atoms with van der Waals surface area (Å²) in [5.41, 5.74) is 2.19. The summed E-state index contributed by atoms with van der Waals surface area (Å²) < 4.78 is 36.6. The van der Waals surface area contributed by atoms with E-state index in [1.54, 1.807) is 7.05 Å². The minimum Gasteiger partial charge on any atom is -0.369 e. The van der Waals surface area contributed by atoms with Gasteiger partial charge in [-0.1, -0.05) is 12.1 Å². The third-order valence-corrected chi connectivity index (χ3v) is 4.34. The van der Waals surface area contributed by atoms with Gasteiger partial charge in [-0.05, 0) is 17.7 Å². The lowest BCUT2D eigenvalue weighted by Gasteiger charge is -2.09. The number of carbonyl (C=O) groups excluding carboxylic acids is 1. The number of hydrogen-bond donors (Lipinski definition) is 3. The molecule has 0 aliphatic heterocycles. The molecule has 4 rings (SSSR count). The molecule has 156 valence electrons. The van der Waals surface area contributed by atoms with Gasteiger partial charge in [-0.15, -0.1) is 10.2 Å². The van der Waals surface area contributed by atoms with Gasteiger partial charge in [0.2, 0.25) is 5.82 Å². The van der Waals surface area contributed by atoms with Gasteiger partial charge in [-0.2, -0.15) is 18.0 Å². The molecule has 0 saturated carbocycles. The van der Waals surface area contributed by atoms with E-state index < -0.39 is 12.1 Å². The van der Waals surface area contributed by atoms with Crippen LogP contribution in [0.5, 0.6) is 0 Å². The van der Waals surface area contributed by atoms with E-state index in [0.717, 1.165) is 21.9 Å². The smallest absolute Gasteiger partial charge is 0.369 e. The quantitative estimate of drug-likeness (QED) is 0.407. The molecule has 30 heavy (non-hydrogen) atoms. The Kier molecular flexibility index (Phi) is 4.93. The third kappa shape index (κ3) is 3.86. The van der Waals surface area contributed by atoms with Crippen molar-refractivity contribution < 1.29 is 18.0 Å². The number of aromatic nitrogens is 7. The Bertz CT molecular complexity index is 1210. The largest absolute Gasteiger partial charge is 0.471 e. The lowest BCUT2D eigenvalue weighted by molar-refractivity contribution is -0.173. The number of nitrogens with zero attached hydrogens (tertiary/aromatic N) is 6. The second-order valence-corrected chi connectivity index (χ2v) is 6.47. The molecular formula is C17H16F3N9O. The number of aryl methyl sites for hydroxylation is 1. The average Bonchev–Trinajstić information content (AvgIpc) is 3.29. The fourth-order valence-corrected chi connectivity index (χ4v) is 3.00. The Hall–Kier alpha value is -3.77. The summed E-state index contributed by atoms with van der Waals surface area (Å²) >= 11 is 0.